The molecular weight excluding hydrogens is 553 g/mol. The maximum absolute atomic E-state index is 12.4. The molecule has 3 aliphatic heterocycles. The van der Waals surface area contributed by atoms with Crippen LogP contribution in [-0.2, 0) is 14.3 Å². The zero-order valence-corrected chi connectivity index (χ0v) is 25.0. The van der Waals surface area contributed by atoms with Crippen LogP contribution in [0.2, 0.25) is 10.0 Å². The van der Waals surface area contributed by atoms with E-state index in [1.54, 1.807) is 17.1 Å². The molecule has 0 radical (unpaired) electrons. The van der Waals surface area contributed by atoms with E-state index in [0.29, 0.717) is 48.4 Å². The lowest BCUT2D eigenvalue weighted by molar-refractivity contribution is -0.126. The number of anilines is 1. The number of hydrogen-bond acceptors (Lipinski definition) is 8. The third-order valence-corrected chi connectivity index (χ3v) is 8.48. The van der Waals surface area contributed by atoms with Crippen LogP contribution in [0.25, 0.3) is 0 Å². The molecule has 2 saturated heterocycles. The molecule has 2 amide bonds. The molecule has 222 valence electrons. The number of halogens is 2. The molecule has 2 fully saturated rings. The first-order valence-electron chi connectivity index (χ1n) is 14.5. The smallest absolute Gasteiger partial charge is 0.245 e. The van der Waals surface area contributed by atoms with Gasteiger partial charge in [0.1, 0.15) is 12.4 Å². The van der Waals surface area contributed by atoms with Crippen molar-refractivity contribution in [2.45, 2.75) is 32.6 Å². The van der Waals surface area contributed by atoms with Crippen LogP contribution in [0, 0.1) is 11.8 Å². The summed E-state index contributed by atoms with van der Waals surface area (Å²) in [6.07, 6.45) is 3.42. The van der Waals surface area contributed by atoms with E-state index in [1.807, 2.05) is 13.0 Å². The van der Waals surface area contributed by atoms with Crippen molar-refractivity contribution in [3.8, 4) is 0 Å². The summed E-state index contributed by atoms with van der Waals surface area (Å²) in [5.41, 5.74) is 0.820. The molecule has 3 aliphatic rings. The maximum Gasteiger partial charge on any atom is 0.245 e. The van der Waals surface area contributed by atoms with Gasteiger partial charge in [0.2, 0.25) is 11.8 Å². The summed E-state index contributed by atoms with van der Waals surface area (Å²) >= 11 is 12.1. The van der Waals surface area contributed by atoms with Gasteiger partial charge in [-0.2, -0.15) is 5.10 Å². The monoisotopic (exact) mass is 595 g/mol. The van der Waals surface area contributed by atoms with E-state index in [0.717, 1.165) is 57.4 Å². The molecule has 1 aromatic rings. The molecule has 0 bridgehead atoms. The second-order valence-corrected chi connectivity index (χ2v) is 11.8. The summed E-state index contributed by atoms with van der Waals surface area (Å²) in [6, 6.07) is 5.34. The van der Waals surface area contributed by atoms with Crippen molar-refractivity contribution < 1.29 is 14.3 Å². The third kappa shape index (κ3) is 9.85. The largest absolute Gasteiger partial charge is 0.370 e. The molecule has 0 aromatic heterocycles. The minimum absolute atomic E-state index is 0.0424. The van der Waals surface area contributed by atoms with Crippen LogP contribution >= 0.6 is 23.2 Å². The van der Waals surface area contributed by atoms with Gasteiger partial charge in [0.15, 0.2) is 0 Å². The highest BCUT2D eigenvalue weighted by molar-refractivity contribution is 6.42. The first-order valence-corrected chi connectivity index (χ1v) is 15.2. The Kier molecular flexibility index (Phi) is 12.3. The van der Waals surface area contributed by atoms with Crippen molar-refractivity contribution in [3.05, 3.63) is 28.2 Å². The van der Waals surface area contributed by atoms with Gasteiger partial charge in [-0.25, -0.2) is 0 Å². The summed E-state index contributed by atoms with van der Waals surface area (Å²) < 4.78 is 5.60. The first-order chi connectivity index (χ1) is 19.4. The van der Waals surface area contributed by atoms with E-state index in [1.165, 1.54) is 19.4 Å². The number of nitrogens with one attached hydrogen (secondary N) is 3. The van der Waals surface area contributed by atoms with Crippen molar-refractivity contribution in [3.63, 3.8) is 0 Å². The predicted molar refractivity (Wildman–Crippen MR) is 160 cm³/mol. The average molecular weight is 597 g/mol. The van der Waals surface area contributed by atoms with Crippen molar-refractivity contribution in [2.75, 3.05) is 83.7 Å². The number of piperidine rings is 1. The highest BCUT2D eigenvalue weighted by Crippen LogP contribution is 2.29. The topological polar surface area (TPSA) is 102 Å². The fourth-order valence-corrected chi connectivity index (χ4v) is 5.58. The van der Waals surface area contributed by atoms with Crippen LogP contribution in [-0.4, -0.2) is 106 Å². The molecule has 0 saturated carbocycles. The third-order valence-electron chi connectivity index (χ3n) is 7.74. The summed E-state index contributed by atoms with van der Waals surface area (Å²) in [6.45, 7) is 12.4. The first kappa shape index (κ1) is 31.0. The number of amides is 2. The van der Waals surface area contributed by atoms with Crippen molar-refractivity contribution in [2.24, 2.45) is 16.9 Å². The molecule has 10 nitrogen and oxygen atoms in total. The Hall–Kier alpha value is -1.95. The zero-order chi connectivity index (χ0) is 28.3. The predicted octanol–water partition coefficient (Wildman–Crippen LogP) is 2.41. The fourth-order valence-electron chi connectivity index (χ4n) is 5.29. The number of rotatable bonds is 12. The van der Waals surface area contributed by atoms with Gasteiger partial charge in [0.05, 0.1) is 28.9 Å². The zero-order valence-electron chi connectivity index (χ0n) is 23.5. The van der Waals surface area contributed by atoms with Gasteiger partial charge in [-0.05, 0) is 56.5 Å². The Labute approximate surface area is 247 Å². The Balaban J connectivity index is 1.02. The molecule has 1 aromatic carbocycles. The molecular formula is C28H43Cl2N7O3. The standard InChI is InChI=1S/C28H43Cl2N7O3/c1-21-18-37(23-4-5-24(29)25(30)17-23)34-28(21)33-26(38)3-2-8-32-27(39)20-40-16-15-35-11-13-36(14-12-35)19-22-6-9-31-10-7-22/h4-5,17,21-22,31H,2-3,6-16,18-20H2,1H3,(H,32,39)(H,33,34,38). The number of benzene rings is 1. The average Bonchev–Trinajstić information content (AvgIpc) is 3.31. The van der Waals surface area contributed by atoms with Crippen LogP contribution in [0.5, 0.6) is 0 Å². The van der Waals surface area contributed by atoms with E-state index in [2.05, 4.69) is 30.9 Å². The van der Waals surface area contributed by atoms with Crippen molar-refractivity contribution in [1.82, 2.24) is 25.8 Å². The lowest BCUT2D eigenvalue weighted by Gasteiger charge is -2.37. The maximum atomic E-state index is 12.4. The lowest BCUT2D eigenvalue weighted by atomic mass is 9.97. The van der Waals surface area contributed by atoms with Crippen LogP contribution in [0.3, 0.4) is 0 Å². The Morgan fingerprint density at radius 3 is 2.58 bits per heavy atom. The molecule has 1 unspecified atom stereocenters. The molecule has 3 N–H and O–H groups in total. The quantitative estimate of drug-likeness (QED) is 0.319. The molecule has 0 aliphatic carbocycles. The fraction of sp³-hybridized carbons (Fsp3) is 0.679. The van der Waals surface area contributed by atoms with Gasteiger partial charge < -0.3 is 25.6 Å². The van der Waals surface area contributed by atoms with Gasteiger partial charge in [0, 0.05) is 58.2 Å². The number of nitrogens with zero attached hydrogens (tertiary/aromatic N) is 4. The highest BCUT2D eigenvalue weighted by atomic mass is 35.5. The van der Waals surface area contributed by atoms with Gasteiger partial charge >= 0.3 is 0 Å². The molecule has 12 heteroatoms. The SMILES string of the molecule is CC1CN(c2ccc(Cl)c(Cl)c2)N=C1NC(=O)CCCNC(=O)COCCN1CCN(CC2CCNCC2)CC1. The van der Waals surface area contributed by atoms with Crippen molar-refractivity contribution in [1.29, 1.82) is 0 Å². The number of amidine groups is 1. The summed E-state index contributed by atoms with van der Waals surface area (Å²) in [5.74, 6) is 1.25. The molecule has 40 heavy (non-hydrogen) atoms. The van der Waals surface area contributed by atoms with E-state index in [-0.39, 0.29) is 24.3 Å². The Morgan fingerprint density at radius 1 is 1.07 bits per heavy atom. The van der Waals surface area contributed by atoms with Gasteiger partial charge in [-0.1, -0.05) is 30.1 Å². The van der Waals surface area contributed by atoms with Crippen LogP contribution in [0.4, 0.5) is 5.69 Å². The second-order valence-electron chi connectivity index (χ2n) is 11.0. The number of carbonyl (C=O) groups excluding carboxylic acids is 2. The summed E-state index contributed by atoms with van der Waals surface area (Å²) in [4.78, 5) is 29.5. The van der Waals surface area contributed by atoms with Crippen LogP contribution in [0.15, 0.2) is 23.3 Å². The molecule has 1 atom stereocenters. The Bertz CT molecular complexity index is 1010. The molecule has 4 rings (SSSR count). The molecule has 3 heterocycles. The minimum Gasteiger partial charge on any atom is -0.370 e. The Morgan fingerprint density at radius 2 is 1.82 bits per heavy atom. The summed E-state index contributed by atoms with van der Waals surface area (Å²) in [7, 11) is 0. The van der Waals surface area contributed by atoms with Gasteiger partial charge in [0.25, 0.3) is 0 Å². The number of ether oxygens (including phenoxy) is 1. The molecule has 0 spiro atoms. The number of piperazine rings is 1. The van der Waals surface area contributed by atoms with Gasteiger partial charge in [-0.15, -0.1) is 0 Å². The van der Waals surface area contributed by atoms with Gasteiger partial charge in [-0.3, -0.25) is 19.5 Å². The van der Waals surface area contributed by atoms with Crippen LogP contribution in [0.1, 0.15) is 32.6 Å². The second kappa shape index (κ2) is 15.9. The number of hydrogen-bond donors (Lipinski definition) is 3. The minimum atomic E-state index is -0.154. The van der Waals surface area contributed by atoms with E-state index in [9.17, 15) is 9.59 Å². The van der Waals surface area contributed by atoms with Crippen molar-refractivity contribution >= 4 is 46.5 Å². The van der Waals surface area contributed by atoms with Crippen LogP contribution < -0.4 is 21.0 Å². The number of hydrazone groups is 1. The normalized spacial score (nSPS) is 20.9. The van der Waals surface area contributed by atoms with E-state index >= 15 is 0 Å². The summed E-state index contributed by atoms with van der Waals surface area (Å²) in [5, 5.41) is 16.5. The van der Waals surface area contributed by atoms with E-state index in [4.69, 9.17) is 27.9 Å². The lowest BCUT2D eigenvalue weighted by Crippen LogP contribution is -2.49. The number of carbonyl (C=O) groups is 2. The highest BCUT2D eigenvalue weighted by Gasteiger charge is 2.25. The van der Waals surface area contributed by atoms with E-state index < -0.39 is 0 Å².